The zero-order valence-corrected chi connectivity index (χ0v) is 9.19. The van der Waals surface area contributed by atoms with Crippen molar-refractivity contribution in [3.8, 4) is 0 Å². The molecule has 0 bridgehead atoms. The van der Waals surface area contributed by atoms with Crippen LogP contribution in [0.25, 0.3) is 0 Å². The molecule has 15 heavy (non-hydrogen) atoms. The van der Waals surface area contributed by atoms with Gasteiger partial charge in [-0.2, -0.15) is 5.10 Å². The lowest BCUT2D eigenvalue weighted by atomic mass is 10.3. The summed E-state index contributed by atoms with van der Waals surface area (Å²) in [7, 11) is 3.30. The van der Waals surface area contributed by atoms with E-state index in [4.69, 9.17) is 0 Å². The first-order chi connectivity index (χ1) is 7.22. The number of ether oxygens (including phenoxy) is 1. The van der Waals surface area contributed by atoms with Crippen molar-refractivity contribution in [3.05, 3.63) is 18.0 Å². The van der Waals surface area contributed by atoms with Crippen molar-refractivity contribution >= 4 is 5.97 Å². The van der Waals surface area contributed by atoms with E-state index in [0.717, 1.165) is 25.2 Å². The minimum Gasteiger partial charge on any atom is -0.469 e. The van der Waals surface area contributed by atoms with E-state index in [1.54, 1.807) is 4.68 Å². The number of aromatic nitrogens is 2. The van der Waals surface area contributed by atoms with Crippen LogP contribution in [0.3, 0.4) is 0 Å². The Balaban J connectivity index is 2.05. The Morgan fingerprint density at radius 3 is 3.07 bits per heavy atom. The molecule has 0 radical (unpaired) electrons. The van der Waals surface area contributed by atoms with Gasteiger partial charge in [-0.05, 0) is 19.0 Å². The standard InChI is InChI=1S/C10H17N3O2/c1-13-7-5-9(12-13)8-11-6-3-4-10(14)15-2/h5,7,11H,3-4,6,8H2,1-2H3. The summed E-state index contributed by atoms with van der Waals surface area (Å²) in [5.41, 5.74) is 1.01. The van der Waals surface area contributed by atoms with Crippen LogP contribution in [-0.2, 0) is 23.1 Å². The molecule has 0 aliphatic heterocycles. The third kappa shape index (κ3) is 4.60. The van der Waals surface area contributed by atoms with Gasteiger partial charge in [0.2, 0.25) is 0 Å². The predicted molar refractivity (Wildman–Crippen MR) is 56.2 cm³/mol. The first kappa shape index (κ1) is 11.7. The maximum Gasteiger partial charge on any atom is 0.305 e. The van der Waals surface area contributed by atoms with Crippen molar-refractivity contribution in [1.82, 2.24) is 15.1 Å². The first-order valence-corrected chi connectivity index (χ1v) is 4.98. The fourth-order valence-electron chi connectivity index (χ4n) is 1.23. The van der Waals surface area contributed by atoms with Gasteiger partial charge in [-0.25, -0.2) is 0 Å². The summed E-state index contributed by atoms with van der Waals surface area (Å²) in [6.07, 6.45) is 3.16. The number of esters is 1. The van der Waals surface area contributed by atoms with Crippen LogP contribution in [0.4, 0.5) is 0 Å². The molecule has 0 aromatic carbocycles. The summed E-state index contributed by atoms with van der Waals surface area (Å²) in [6, 6.07) is 1.97. The van der Waals surface area contributed by atoms with E-state index >= 15 is 0 Å². The second-order valence-corrected chi connectivity index (χ2v) is 3.34. The quantitative estimate of drug-likeness (QED) is 0.548. The number of carbonyl (C=O) groups excluding carboxylic acids is 1. The molecular weight excluding hydrogens is 194 g/mol. The molecule has 0 amide bonds. The minimum absolute atomic E-state index is 0.158. The number of hydrogen-bond donors (Lipinski definition) is 1. The van der Waals surface area contributed by atoms with E-state index in [0.29, 0.717) is 6.42 Å². The Labute approximate surface area is 89.4 Å². The Morgan fingerprint density at radius 1 is 1.67 bits per heavy atom. The molecule has 0 atom stereocenters. The molecule has 0 saturated carbocycles. The number of hydrogen-bond acceptors (Lipinski definition) is 4. The van der Waals surface area contributed by atoms with E-state index < -0.39 is 0 Å². The minimum atomic E-state index is -0.158. The molecule has 5 nitrogen and oxygen atoms in total. The van der Waals surface area contributed by atoms with E-state index in [-0.39, 0.29) is 5.97 Å². The van der Waals surface area contributed by atoms with Gasteiger partial charge in [0.15, 0.2) is 0 Å². The summed E-state index contributed by atoms with van der Waals surface area (Å²) in [5, 5.41) is 7.43. The maximum absolute atomic E-state index is 10.8. The Morgan fingerprint density at radius 2 is 2.47 bits per heavy atom. The summed E-state index contributed by atoms with van der Waals surface area (Å²) >= 11 is 0. The molecule has 0 aliphatic rings. The first-order valence-electron chi connectivity index (χ1n) is 4.98. The van der Waals surface area contributed by atoms with Crippen LogP contribution >= 0.6 is 0 Å². The highest BCUT2D eigenvalue weighted by Gasteiger charge is 1.99. The van der Waals surface area contributed by atoms with Crippen LogP contribution in [0.15, 0.2) is 12.3 Å². The van der Waals surface area contributed by atoms with Gasteiger partial charge >= 0.3 is 5.97 Å². The van der Waals surface area contributed by atoms with Crippen molar-refractivity contribution in [2.75, 3.05) is 13.7 Å². The van der Waals surface area contributed by atoms with Crippen LogP contribution in [-0.4, -0.2) is 29.4 Å². The third-order valence-corrected chi connectivity index (χ3v) is 2.04. The highest BCUT2D eigenvalue weighted by molar-refractivity contribution is 5.69. The van der Waals surface area contributed by atoms with Gasteiger partial charge in [0, 0.05) is 26.2 Å². The smallest absolute Gasteiger partial charge is 0.305 e. The second kappa shape index (κ2) is 6.19. The van der Waals surface area contributed by atoms with Gasteiger partial charge in [0.25, 0.3) is 0 Å². The number of methoxy groups -OCH3 is 1. The maximum atomic E-state index is 10.8. The van der Waals surface area contributed by atoms with Crippen molar-refractivity contribution in [2.24, 2.45) is 7.05 Å². The van der Waals surface area contributed by atoms with Crippen molar-refractivity contribution in [3.63, 3.8) is 0 Å². The fourth-order valence-corrected chi connectivity index (χ4v) is 1.23. The lowest BCUT2D eigenvalue weighted by Gasteiger charge is -2.01. The molecule has 0 aliphatic carbocycles. The van der Waals surface area contributed by atoms with E-state index in [1.807, 2.05) is 19.3 Å². The summed E-state index contributed by atoms with van der Waals surface area (Å²) in [6.45, 7) is 1.54. The van der Waals surface area contributed by atoms with Crippen LogP contribution in [0, 0.1) is 0 Å². The topological polar surface area (TPSA) is 56.1 Å². The van der Waals surface area contributed by atoms with Gasteiger partial charge in [-0.15, -0.1) is 0 Å². The number of rotatable bonds is 6. The highest BCUT2D eigenvalue weighted by Crippen LogP contribution is 1.94. The number of aryl methyl sites for hydroxylation is 1. The number of nitrogens with one attached hydrogen (secondary N) is 1. The zero-order valence-electron chi connectivity index (χ0n) is 9.19. The molecule has 0 unspecified atom stereocenters. The van der Waals surface area contributed by atoms with E-state index in [1.165, 1.54) is 7.11 Å². The summed E-state index contributed by atoms with van der Waals surface area (Å²) in [5.74, 6) is -0.158. The molecule has 1 aromatic heterocycles. The molecule has 5 heteroatoms. The molecule has 0 spiro atoms. The lowest BCUT2D eigenvalue weighted by Crippen LogP contribution is -2.16. The zero-order chi connectivity index (χ0) is 11.1. The summed E-state index contributed by atoms with van der Waals surface area (Å²) in [4.78, 5) is 10.8. The molecular formula is C10H17N3O2. The Bertz CT molecular complexity index is 309. The molecule has 0 saturated heterocycles. The molecule has 1 heterocycles. The molecule has 1 aromatic rings. The monoisotopic (exact) mass is 211 g/mol. The Kier molecular flexibility index (Phi) is 4.83. The van der Waals surface area contributed by atoms with Gasteiger partial charge in [-0.1, -0.05) is 0 Å². The third-order valence-electron chi connectivity index (χ3n) is 2.04. The molecule has 1 rings (SSSR count). The molecule has 0 fully saturated rings. The number of carbonyl (C=O) groups is 1. The van der Waals surface area contributed by atoms with Crippen LogP contribution < -0.4 is 5.32 Å². The van der Waals surface area contributed by atoms with Crippen LogP contribution in [0.5, 0.6) is 0 Å². The fraction of sp³-hybridized carbons (Fsp3) is 0.600. The van der Waals surface area contributed by atoms with Crippen LogP contribution in [0.2, 0.25) is 0 Å². The van der Waals surface area contributed by atoms with Crippen molar-refractivity contribution in [2.45, 2.75) is 19.4 Å². The number of nitrogens with zero attached hydrogens (tertiary/aromatic N) is 2. The van der Waals surface area contributed by atoms with Gasteiger partial charge in [0.05, 0.1) is 12.8 Å². The Hall–Kier alpha value is -1.36. The van der Waals surface area contributed by atoms with E-state index in [9.17, 15) is 4.79 Å². The molecule has 84 valence electrons. The average Bonchev–Trinajstić information content (AvgIpc) is 2.63. The van der Waals surface area contributed by atoms with E-state index in [2.05, 4.69) is 15.2 Å². The molecule has 1 N–H and O–H groups in total. The van der Waals surface area contributed by atoms with Crippen LogP contribution in [0.1, 0.15) is 18.5 Å². The second-order valence-electron chi connectivity index (χ2n) is 3.34. The van der Waals surface area contributed by atoms with Gasteiger partial charge < -0.3 is 10.1 Å². The normalized spacial score (nSPS) is 10.3. The lowest BCUT2D eigenvalue weighted by molar-refractivity contribution is -0.140. The van der Waals surface area contributed by atoms with Gasteiger partial charge in [0.1, 0.15) is 0 Å². The SMILES string of the molecule is COC(=O)CCCNCc1ccn(C)n1. The highest BCUT2D eigenvalue weighted by atomic mass is 16.5. The van der Waals surface area contributed by atoms with Crippen molar-refractivity contribution in [1.29, 1.82) is 0 Å². The predicted octanol–water partition coefficient (Wildman–Crippen LogP) is 0.463. The van der Waals surface area contributed by atoms with Gasteiger partial charge in [-0.3, -0.25) is 9.48 Å². The average molecular weight is 211 g/mol. The van der Waals surface area contributed by atoms with Crippen molar-refractivity contribution < 1.29 is 9.53 Å². The largest absolute Gasteiger partial charge is 0.469 e. The summed E-state index contributed by atoms with van der Waals surface area (Å²) < 4.78 is 6.31.